The highest BCUT2D eigenvalue weighted by molar-refractivity contribution is 9.10. The molecule has 2 aromatic carbocycles. The molecule has 2 aromatic rings. The van der Waals surface area contributed by atoms with Gasteiger partial charge in [0.1, 0.15) is 5.78 Å². The number of benzene rings is 2. The van der Waals surface area contributed by atoms with Crippen LogP contribution in [-0.4, -0.2) is 5.78 Å². The second-order valence-corrected chi connectivity index (χ2v) is 5.54. The maximum absolute atomic E-state index is 11.9. The second-order valence-electron chi connectivity index (χ2n) is 4.69. The van der Waals surface area contributed by atoms with Crippen molar-refractivity contribution in [3.8, 4) is 0 Å². The Bertz CT molecular complexity index is 589. The molecule has 0 saturated heterocycles. The molecule has 1 aliphatic carbocycles. The first-order valence-electron chi connectivity index (χ1n) is 6.09. The summed E-state index contributed by atoms with van der Waals surface area (Å²) in [5.41, 5.74) is 3.67. The minimum Gasteiger partial charge on any atom is -0.299 e. The van der Waals surface area contributed by atoms with E-state index >= 15 is 0 Å². The lowest BCUT2D eigenvalue weighted by Crippen LogP contribution is -2.19. The van der Waals surface area contributed by atoms with Crippen molar-refractivity contribution < 1.29 is 4.79 Å². The topological polar surface area (TPSA) is 17.1 Å². The number of fused-ring (bicyclic) bond motifs is 1. The van der Waals surface area contributed by atoms with Crippen LogP contribution >= 0.6 is 15.9 Å². The van der Waals surface area contributed by atoms with Crippen molar-refractivity contribution in [3.63, 3.8) is 0 Å². The van der Waals surface area contributed by atoms with Gasteiger partial charge in [0.15, 0.2) is 0 Å². The maximum Gasteiger partial charge on any atom is 0.138 e. The molecular formula is C16H13BrO. The quantitative estimate of drug-likeness (QED) is 0.775. The van der Waals surface area contributed by atoms with Crippen molar-refractivity contribution in [3.05, 3.63) is 69.7 Å². The molecule has 0 radical (unpaired) electrons. The van der Waals surface area contributed by atoms with Crippen LogP contribution in [-0.2, 0) is 11.2 Å². The molecule has 1 nitrogen and oxygen atoms in total. The van der Waals surface area contributed by atoms with Crippen LogP contribution in [0.5, 0.6) is 0 Å². The van der Waals surface area contributed by atoms with Crippen LogP contribution in [0.4, 0.5) is 0 Å². The zero-order valence-corrected chi connectivity index (χ0v) is 11.5. The van der Waals surface area contributed by atoms with Crippen molar-refractivity contribution in [2.24, 2.45) is 0 Å². The number of hydrogen-bond donors (Lipinski definition) is 0. The average Bonchev–Trinajstić information content (AvgIpc) is 2.40. The van der Waals surface area contributed by atoms with Gasteiger partial charge in [0.25, 0.3) is 0 Å². The van der Waals surface area contributed by atoms with Gasteiger partial charge in [-0.3, -0.25) is 4.79 Å². The molecular weight excluding hydrogens is 288 g/mol. The van der Waals surface area contributed by atoms with E-state index in [0.717, 1.165) is 10.0 Å². The molecule has 2 heteroatoms. The highest BCUT2D eigenvalue weighted by Crippen LogP contribution is 2.37. The molecule has 0 aliphatic heterocycles. The van der Waals surface area contributed by atoms with Crippen LogP contribution in [0, 0.1) is 0 Å². The fourth-order valence-corrected chi connectivity index (χ4v) is 3.20. The predicted octanol–water partition coefficient (Wildman–Crippen LogP) is 4.10. The van der Waals surface area contributed by atoms with Gasteiger partial charge >= 0.3 is 0 Å². The number of halogens is 1. The summed E-state index contributed by atoms with van der Waals surface area (Å²) < 4.78 is 1.05. The number of carbonyl (C=O) groups excluding carboxylic acids is 1. The fourth-order valence-electron chi connectivity index (χ4n) is 2.68. The largest absolute Gasteiger partial charge is 0.299 e. The summed E-state index contributed by atoms with van der Waals surface area (Å²) in [4.78, 5) is 11.9. The number of carbonyl (C=O) groups is 1. The Morgan fingerprint density at radius 2 is 1.78 bits per heavy atom. The Kier molecular flexibility index (Phi) is 3.04. The lowest BCUT2D eigenvalue weighted by molar-refractivity contribution is -0.119. The molecule has 1 aliphatic rings. The van der Waals surface area contributed by atoms with Gasteiger partial charge in [-0.25, -0.2) is 0 Å². The van der Waals surface area contributed by atoms with Gasteiger partial charge in [0.2, 0.25) is 0 Å². The zero-order chi connectivity index (χ0) is 12.5. The summed E-state index contributed by atoms with van der Waals surface area (Å²) in [6, 6.07) is 16.5. The van der Waals surface area contributed by atoms with Crippen LogP contribution in [0.1, 0.15) is 29.0 Å². The molecule has 3 rings (SSSR count). The molecule has 0 amide bonds. The number of rotatable bonds is 1. The third kappa shape index (κ3) is 2.01. The van der Waals surface area contributed by atoms with Crippen LogP contribution in [0.15, 0.2) is 53.0 Å². The molecule has 0 spiro atoms. The van der Waals surface area contributed by atoms with Gasteiger partial charge in [-0.05, 0) is 22.8 Å². The van der Waals surface area contributed by atoms with Crippen molar-refractivity contribution in [2.75, 3.05) is 0 Å². The Morgan fingerprint density at radius 1 is 1.00 bits per heavy atom. The minimum absolute atomic E-state index is 0.208. The van der Waals surface area contributed by atoms with Crippen LogP contribution in [0.25, 0.3) is 0 Å². The zero-order valence-electron chi connectivity index (χ0n) is 9.90. The van der Waals surface area contributed by atoms with Crippen LogP contribution in [0.3, 0.4) is 0 Å². The van der Waals surface area contributed by atoms with E-state index in [1.54, 1.807) is 0 Å². The van der Waals surface area contributed by atoms with Crippen LogP contribution < -0.4 is 0 Å². The molecule has 0 aromatic heterocycles. The first-order chi connectivity index (χ1) is 8.75. The van der Waals surface area contributed by atoms with Gasteiger partial charge in [-0.1, -0.05) is 58.4 Å². The Labute approximate surface area is 115 Å². The van der Waals surface area contributed by atoms with Crippen molar-refractivity contribution in [1.29, 1.82) is 0 Å². The molecule has 90 valence electrons. The Hall–Kier alpha value is -1.41. The van der Waals surface area contributed by atoms with Gasteiger partial charge in [-0.15, -0.1) is 0 Å². The van der Waals surface area contributed by atoms with E-state index in [1.165, 1.54) is 11.1 Å². The molecule has 0 saturated carbocycles. The number of hydrogen-bond acceptors (Lipinski definition) is 1. The van der Waals surface area contributed by atoms with Gasteiger partial charge < -0.3 is 0 Å². The standard InChI is InChI=1S/C16H13BrO/c17-16-8-4-7-13-14(9-12(18)10-15(13)16)11-5-2-1-3-6-11/h1-8,14H,9-10H2/t14-/m0/s1. The predicted molar refractivity (Wildman–Crippen MR) is 75.8 cm³/mol. The first kappa shape index (κ1) is 11.7. The number of Topliss-reactive ketones (excluding diaryl/α,β-unsaturated/α-hetero) is 1. The maximum atomic E-state index is 11.9. The SMILES string of the molecule is O=C1Cc2c(Br)cccc2[C@H](c2ccccc2)C1. The lowest BCUT2D eigenvalue weighted by atomic mass is 9.78. The average molecular weight is 301 g/mol. The van der Waals surface area contributed by atoms with E-state index < -0.39 is 0 Å². The third-order valence-corrected chi connectivity index (χ3v) is 4.28. The molecule has 1 atom stereocenters. The van der Waals surface area contributed by atoms with E-state index in [4.69, 9.17) is 0 Å². The first-order valence-corrected chi connectivity index (χ1v) is 6.89. The van der Waals surface area contributed by atoms with Gasteiger partial charge in [-0.2, -0.15) is 0 Å². The minimum atomic E-state index is 0.208. The Morgan fingerprint density at radius 3 is 2.56 bits per heavy atom. The molecule has 0 unspecified atom stereocenters. The smallest absolute Gasteiger partial charge is 0.138 e. The van der Waals surface area contributed by atoms with Gasteiger partial charge in [0.05, 0.1) is 0 Å². The monoisotopic (exact) mass is 300 g/mol. The molecule has 0 fully saturated rings. The van der Waals surface area contributed by atoms with Crippen LogP contribution in [0.2, 0.25) is 0 Å². The summed E-state index contributed by atoms with van der Waals surface area (Å²) in [5.74, 6) is 0.531. The summed E-state index contributed by atoms with van der Waals surface area (Å²) in [6.45, 7) is 0. The number of ketones is 1. The lowest BCUT2D eigenvalue weighted by Gasteiger charge is -2.26. The van der Waals surface area contributed by atoms with Crippen molar-refractivity contribution >= 4 is 21.7 Å². The summed E-state index contributed by atoms with van der Waals surface area (Å²) >= 11 is 3.56. The third-order valence-electron chi connectivity index (χ3n) is 3.54. The normalized spacial score (nSPS) is 18.5. The fraction of sp³-hybridized carbons (Fsp3) is 0.188. The van der Waals surface area contributed by atoms with Gasteiger partial charge in [0, 0.05) is 23.2 Å². The molecule has 18 heavy (non-hydrogen) atoms. The van der Waals surface area contributed by atoms with E-state index in [0.29, 0.717) is 18.6 Å². The van der Waals surface area contributed by atoms with E-state index in [1.807, 2.05) is 24.3 Å². The van der Waals surface area contributed by atoms with E-state index in [9.17, 15) is 4.79 Å². The Balaban J connectivity index is 2.14. The molecule has 0 bridgehead atoms. The highest BCUT2D eigenvalue weighted by Gasteiger charge is 2.27. The second kappa shape index (κ2) is 4.69. The van der Waals surface area contributed by atoms with E-state index in [2.05, 4.69) is 40.2 Å². The summed E-state index contributed by atoms with van der Waals surface area (Å²) in [6.07, 6.45) is 1.17. The highest BCUT2D eigenvalue weighted by atomic mass is 79.9. The molecule has 0 heterocycles. The van der Waals surface area contributed by atoms with Crippen molar-refractivity contribution in [2.45, 2.75) is 18.8 Å². The van der Waals surface area contributed by atoms with E-state index in [-0.39, 0.29) is 5.92 Å². The summed E-state index contributed by atoms with van der Waals surface area (Å²) in [5, 5.41) is 0. The summed E-state index contributed by atoms with van der Waals surface area (Å²) in [7, 11) is 0. The molecule has 0 N–H and O–H groups in total. The van der Waals surface area contributed by atoms with Crippen molar-refractivity contribution in [1.82, 2.24) is 0 Å².